The van der Waals surface area contributed by atoms with Crippen LogP contribution < -0.4 is 15.5 Å². The summed E-state index contributed by atoms with van der Waals surface area (Å²) >= 11 is 2.74. The number of urea groups is 1. The molecule has 2 rings (SSSR count). The molecule has 2 heterocycles. The quantitative estimate of drug-likeness (QED) is 0.758. The summed E-state index contributed by atoms with van der Waals surface area (Å²) in [4.78, 5) is 25.3. The number of imide groups is 1. The molecule has 1 aliphatic heterocycles. The van der Waals surface area contributed by atoms with Gasteiger partial charge in [0.1, 0.15) is 0 Å². The Morgan fingerprint density at radius 1 is 1.41 bits per heavy atom. The Morgan fingerprint density at radius 2 is 2.14 bits per heavy atom. The number of amides is 3. The van der Waals surface area contributed by atoms with Gasteiger partial charge >= 0.3 is 6.03 Å². The van der Waals surface area contributed by atoms with E-state index in [0.717, 1.165) is 18.2 Å². The summed E-state index contributed by atoms with van der Waals surface area (Å²) in [6.45, 7) is 6.96. The van der Waals surface area contributed by atoms with Crippen molar-refractivity contribution in [2.45, 2.75) is 23.4 Å². The standard InChI is InChI=1S/C12H19N5O3S2/c1-3-13-10(19)14-9(18)8(2)21-12-16-15-11(22-12)17-4-6-20-7-5-17/h8H,3-7H2,1-2H3,(H2,13,14,18,19)/t8-/m0/s1. The van der Waals surface area contributed by atoms with E-state index >= 15 is 0 Å². The highest BCUT2D eigenvalue weighted by molar-refractivity contribution is 8.02. The van der Waals surface area contributed by atoms with Crippen molar-refractivity contribution >= 4 is 40.2 Å². The number of hydrogen-bond donors (Lipinski definition) is 2. The van der Waals surface area contributed by atoms with Crippen molar-refractivity contribution in [3.8, 4) is 0 Å². The third-order valence-corrected chi connectivity index (χ3v) is 5.07. The highest BCUT2D eigenvalue weighted by Gasteiger charge is 2.21. The van der Waals surface area contributed by atoms with Gasteiger partial charge in [0.15, 0.2) is 4.34 Å². The van der Waals surface area contributed by atoms with E-state index in [1.54, 1.807) is 13.8 Å². The summed E-state index contributed by atoms with van der Waals surface area (Å²) in [5.74, 6) is -0.348. The van der Waals surface area contributed by atoms with Crippen molar-refractivity contribution in [1.82, 2.24) is 20.8 Å². The first kappa shape index (κ1) is 17.0. The normalized spacial score (nSPS) is 16.2. The largest absolute Gasteiger partial charge is 0.378 e. The second-order valence-corrected chi connectivity index (χ2v) is 7.10. The van der Waals surface area contributed by atoms with E-state index in [1.807, 2.05) is 0 Å². The lowest BCUT2D eigenvalue weighted by Gasteiger charge is -2.25. The van der Waals surface area contributed by atoms with Gasteiger partial charge < -0.3 is 15.0 Å². The fraction of sp³-hybridized carbons (Fsp3) is 0.667. The van der Waals surface area contributed by atoms with Gasteiger partial charge in [-0.05, 0) is 13.8 Å². The molecule has 122 valence electrons. The Bertz CT molecular complexity index is 519. The number of aromatic nitrogens is 2. The number of ether oxygens (including phenoxy) is 1. The van der Waals surface area contributed by atoms with E-state index in [4.69, 9.17) is 4.74 Å². The highest BCUT2D eigenvalue weighted by Crippen LogP contribution is 2.31. The third kappa shape index (κ3) is 4.82. The van der Waals surface area contributed by atoms with Crippen molar-refractivity contribution in [1.29, 1.82) is 0 Å². The topological polar surface area (TPSA) is 96.5 Å². The van der Waals surface area contributed by atoms with Crippen LogP contribution in [0.5, 0.6) is 0 Å². The SMILES string of the molecule is CCNC(=O)NC(=O)[C@H](C)Sc1nnc(N2CCOCC2)s1. The first-order valence-electron chi connectivity index (χ1n) is 7.01. The minimum Gasteiger partial charge on any atom is -0.378 e. The molecule has 3 amide bonds. The zero-order valence-corrected chi connectivity index (χ0v) is 14.1. The number of thioether (sulfide) groups is 1. The summed E-state index contributed by atoms with van der Waals surface area (Å²) < 4.78 is 6.01. The van der Waals surface area contributed by atoms with Gasteiger partial charge in [-0.25, -0.2) is 4.79 Å². The molecular weight excluding hydrogens is 326 g/mol. The van der Waals surface area contributed by atoms with Gasteiger partial charge in [0.2, 0.25) is 11.0 Å². The van der Waals surface area contributed by atoms with Crippen LogP contribution in [-0.2, 0) is 9.53 Å². The molecule has 2 N–H and O–H groups in total. The summed E-state index contributed by atoms with van der Waals surface area (Å²) in [5, 5.41) is 13.5. The summed E-state index contributed by atoms with van der Waals surface area (Å²) in [7, 11) is 0. The number of rotatable bonds is 5. The van der Waals surface area contributed by atoms with Gasteiger partial charge in [0, 0.05) is 19.6 Å². The molecule has 1 aromatic heterocycles. The van der Waals surface area contributed by atoms with E-state index < -0.39 is 11.3 Å². The second-order valence-electron chi connectivity index (χ2n) is 4.56. The first-order valence-corrected chi connectivity index (χ1v) is 8.71. The van der Waals surface area contributed by atoms with Crippen LogP contribution in [0.4, 0.5) is 9.93 Å². The molecule has 0 spiro atoms. The molecule has 1 fully saturated rings. The summed E-state index contributed by atoms with van der Waals surface area (Å²) in [6, 6.07) is -0.480. The predicted octanol–water partition coefficient (Wildman–Crippen LogP) is 0.701. The van der Waals surface area contributed by atoms with E-state index in [9.17, 15) is 9.59 Å². The molecule has 0 radical (unpaired) electrons. The van der Waals surface area contributed by atoms with Crippen molar-refractivity contribution in [2.24, 2.45) is 0 Å². The second kappa shape index (κ2) is 8.30. The maximum Gasteiger partial charge on any atom is 0.321 e. The Hall–Kier alpha value is -1.39. The Balaban J connectivity index is 1.86. The fourth-order valence-electron chi connectivity index (χ4n) is 1.76. The van der Waals surface area contributed by atoms with E-state index in [-0.39, 0.29) is 5.91 Å². The van der Waals surface area contributed by atoms with Crippen molar-refractivity contribution in [3.63, 3.8) is 0 Å². The molecule has 1 saturated heterocycles. The van der Waals surface area contributed by atoms with E-state index in [2.05, 4.69) is 25.7 Å². The van der Waals surface area contributed by atoms with Crippen molar-refractivity contribution < 1.29 is 14.3 Å². The predicted molar refractivity (Wildman–Crippen MR) is 85.5 cm³/mol. The van der Waals surface area contributed by atoms with Gasteiger partial charge in [0.25, 0.3) is 0 Å². The number of carbonyl (C=O) groups excluding carboxylic acids is 2. The van der Waals surface area contributed by atoms with Crippen LogP contribution in [-0.4, -0.2) is 60.2 Å². The third-order valence-electron chi connectivity index (χ3n) is 2.90. The van der Waals surface area contributed by atoms with Crippen LogP contribution in [0.3, 0.4) is 0 Å². The molecule has 1 aliphatic rings. The van der Waals surface area contributed by atoms with Gasteiger partial charge in [-0.15, -0.1) is 10.2 Å². The summed E-state index contributed by atoms with van der Waals surface area (Å²) in [5.41, 5.74) is 0. The van der Waals surface area contributed by atoms with Crippen LogP contribution in [0.25, 0.3) is 0 Å². The molecule has 10 heteroatoms. The number of morpholine rings is 1. The lowest BCUT2D eigenvalue weighted by atomic mass is 10.4. The maximum absolute atomic E-state index is 11.9. The highest BCUT2D eigenvalue weighted by atomic mass is 32.2. The minimum absolute atomic E-state index is 0.348. The molecule has 0 bridgehead atoms. The molecule has 0 unspecified atom stereocenters. The van der Waals surface area contributed by atoms with E-state index in [0.29, 0.717) is 24.1 Å². The smallest absolute Gasteiger partial charge is 0.321 e. The van der Waals surface area contributed by atoms with Crippen molar-refractivity contribution in [2.75, 3.05) is 37.7 Å². The van der Waals surface area contributed by atoms with Crippen LogP contribution >= 0.6 is 23.1 Å². The molecule has 8 nitrogen and oxygen atoms in total. The average molecular weight is 345 g/mol. The number of hydrogen-bond acceptors (Lipinski definition) is 8. The van der Waals surface area contributed by atoms with Gasteiger partial charge in [0.05, 0.1) is 18.5 Å². The van der Waals surface area contributed by atoms with Crippen LogP contribution in [0.2, 0.25) is 0 Å². The number of nitrogens with one attached hydrogen (secondary N) is 2. The van der Waals surface area contributed by atoms with Gasteiger partial charge in [-0.3, -0.25) is 10.1 Å². The lowest BCUT2D eigenvalue weighted by molar-refractivity contribution is -0.119. The molecule has 1 atom stereocenters. The molecule has 0 aromatic carbocycles. The van der Waals surface area contributed by atoms with Crippen molar-refractivity contribution in [3.05, 3.63) is 0 Å². The average Bonchev–Trinajstić information content (AvgIpc) is 2.96. The molecule has 1 aromatic rings. The van der Waals surface area contributed by atoms with Gasteiger partial charge in [-0.1, -0.05) is 23.1 Å². The Morgan fingerprint density at radius 3 is 2.82 bits per heavy atom. The first-order chi connectivity index (χ1) is 10.6. The number of anilines is 1. The van der Waals surface area contributed by atoms with Crippen LogP contribution in [0.1, 0.15) is 13.8 Å². The fourth-order valence-corrected chi connectivity index (χ4v) is 3.79. The number of carbonyl (C=O) groups is 2. The van der Waals surface area contributed by atoms with E-state index in [1.165, 1.54) is 23.1 Å². The minimum atomic E-state index is -0.480. The Labute approximate surface area is 137 Å². The Kier molecular flexibility index (Phi) is 6.40. The maximum atomic E-state index is 11.9. The monoisotopic (exact) mass is 345 g/mol. The molecule has 0 aliphatic carbocycles. The van der Waals surface area contributed by atoms with Crippen LogP contribution in [0, 0.1) is 0 Å². The van der Waals surface area contributed by atoms with Crippen LogP contribution in [0.15, 0.2) is 4.34 Å². The number of nitrogens with zero attached hydrogens (tertiary/aromatic N) is 3. The zero-order chi connectivity index (χ0) is 15.9. The summed E-state index contributed by atoms with van der Waals surface area (Å²) in [6.07, 6.45) is 0. The molecular formula is C12H19N5O3S2. The zero-order valence-electron chi connectivity index (χ0n) is 12.5. The molecule has 0 saturated carbocycles. The molecule has 22 heavy (non-hydrogen) atoms. The lowest BCUT2D eigenvalue weighted by Crippen LogP contribution is -2.42. The van der Waals surface area contributed by atoms with Gasteiger partial charge in [-0.2, -0.15) is 0 Å².